The van der Waals surface area contributed by atoms with Crippen molar-refractivity contribution in [1.29, 1.82) is 0 Å². The Kier molecular flexibility index (Phi) is 5.10. The number of imidazole rings is 1. The third-order valence-electron chi connectivity index (χ3n) is 6.17. The topological polar surface area (TPSA) is 73.8 Å². The second-order valence-corrected chi connectivity index (χ2v) is 8.21. The molecule has 0 unspecified atom stereocenters. The molecule has 2 aromatic carbocycles. The van der Waals surface area contributed by atoms with Gasteiger partial charge in [-0.15, -0.1) is 0 Å². The molecular formula is C24H27N5O2. The van der Waals surface area contributed by atoms with Gasteiger partial charge < -0.3 is 19.5 Å². The van der Waals surface area contributed by atoms with Crippen molar-refractivity contribution in [1.82, 2.24) is 19.8 Å². The number of benzene rings is 2. The average Bonchev–Trinajstić information content (AvgIpc) is 3.04. The second-order valence-electron chi connectivity index (χ2n) is 8.21. The highest BCUT2D eigenvalue weighted by atomic mass is 16.5. The van der Waals surface area contributed by atoms with E-state index in [4.69, 9.17) is 4.74 Å². The largest absolute Gasteiger partial charge is 0.491 e. The van der Waals surface area contributed by atoms with Crippen molar-refractivity contribution >= 4 is 22.8 Å². The number of carbonyl (C=O) groups is 1. The number of aromatic amines is 1. The molecule has 5 rings (SSSR count). The normalized spacial score (nSPS) is 16.6. The number of urea groups is 1. The first kappa shape index (κ1) is 19.6. The van der Waals surface area contributed by atoms with Crippen LogP contribution in [0.15, 0.2) is 41.4 Å². The van der Waals surface area contributed by atoms with Gasteiger partial charge in [-0.05, 0) is 42.3 Å². The number of amides is 2. The number of aromatic nitrogens is 2. The maximum absolute atomic E-state index is 13.2. The molecule has 3 heterocycles. The van der Waals surface area contributed by atoms with Gasteiger partial charge in [-0.3, -0.25) is 4.99 Å². The van der Waals surface area contributed by atoms with Gasteiger partial charge in [0.25, 0.3) is 0 Å². The average molecular weight is 418 g/mol. The molecule has 0 spiro atoms. The van der Waals surface area contributed by atoms with E-state index in [1.165, 1.54) is 5.71 Å². The smallest absolute Gasteiger partial charge is 0.320 e. The second kappa shape index (κ2) is 8.06. The molecule has 1 fully saturated rings. The van der Waals surface area contributed by atoms with Crippen molar-refractivity contribution in [2.24, 2.45) is 4.99 Å². The molecule has 31 heavy (non-hydrogen) atoms. The van der Waals surface area contributed by atoms with Crippen molar-refractivity contribution < 1.29 is 9.53 Å². The first-order valence-corrected chi connectivity index (χ1v) is 10.8. The molecule has 160 valence electrons. The van der Waals surface area contributed by atoms with Crippen LogP contribution >= 0.6 is 0 Å². The van der Waals surface area contributed by atoms with E-state index in [9.17, 15) is 4.79 Å². The molecule has 2 aliphatic heterocycles. The van der Waals surface area contributed by atoms with Gasteiger partial charge in [0, 0.05) is 44.3 Å². The number of H-pyrrole nitrogens is 1. The summed E-state index contributed by atoms with van der Waals surface area (Å²) in [5, 5.41) is 0. The zero-order valence-electron chi connectivity index (χ0n) is 18.0. The quantitative estimate of drug-likeness (QED) is 0.650. The molecule has 0 saturated carbocycles. The minimum absolute atomic E-state index is 0.0892. The van der Waals surface area contributed by atoms with Crippen molar-refractivity contribution in [2.75, 3.05) is 33.3 Å². The van der Waals surface area contributed by atoms with Crippen molar-refractivity contribution in [3.05, 3.63) is 47.8 Å². The zero-order valence-corrected chi connectivity index (χ0v) is 18.0. The number of piperidine rings is 1. The Balaban J connectivity index is 1.38. The van der Waals surface area contributed by atoms with Crippen LogP contribution in [0.1, 0.15) is 24.2 Å². The Morgan fingerprint density at radius 1 is 1.06 bits per heavy atom. The summed E-state index contributed by atoms with van der Waals surface area (Å²) in [5.41, 5.74) is 6.45. The minimum Gasteiger partial charge on any atom is -0.491 e. The molecule has 3 aromatic rings. The first-order valence-electron chi connectivity index (χ1n) is 10.8. The number of nitrogens with one attached hydrogen (secondary N) is 1. The van der Waals surface area contributed by atoms with E-state index in [1.807, 2.05) is 35.9 Å². The van der Waals surface area contributed by atoms with E-state index in [0.29, 0.717) is 19.7 Å². The van der Waals surface area contributed by atoms with Crippen LogP contribution in [0.3, 0.4) is 0 Å². The summed E-state index contributed by atoms with van der Waals surface area (Å²) >= 11 is 0. The van der Waals surface area contributed by atoms with Gasteiger partial charge in [-0.2, -0.15) is 0 Å². The predicted octanol–water partition coefficient (Wildman–Crippen LogP) is 4.02. The lowest BCUT2D eigenvalue weighted by molar-refractivity contribution is 0.145. The van der Waals surface area contributed by atoms with Crippen molar-refractivity contribution in [3.8, 4) is 16.9 Å². The van der Waals surface area contributed by atoms with Gasteiger partial charge in [0.05, 0.1) is 24.1 Å². The van der Waals surface area contributed by atoms with E-state index < -0.39 is 0 Å². The Morgan fingerprint density at radius 3 is 2.65 bits per heavy atom. The van der Waals surface area contributed by atoms with Gasteiger partial charge in [-0.25, -0.2) is 9.78 Å². The van der Waals surface area contributed by atoms with Crippen LogP contribution in [-0.4, -0.2) is 64.8 Å². The van der Waals surface area contributed by atoms with E-state index in [2.05, 4.69) is 39.2 Å². The SMILES string of the molecule is CN=C1CCN(C(=O)N2CCOc3ccc(-c4ccc5nc(C)[nH]c5c4)cc3C2)CC1. The molecule has 1 N–H and O–H groups in total. The summed E-state index contributed by atoms with van der Waals surface area (Å²) in [5.74, 6) is 1.77. The number of aliphatic imine (C=N–C) groups is 1. The molecule has 0 radical (unpaired) electrons. The summed E-state index contributed by atoms with van der Waals surface area (Å²) in [6.07, 6.45) is 1.73. The Hall–Kier alpha value is -3.35. The molecule has 0 bridgehead atoms. The standard InChI is InChI=1S/C24H27N5O2/c1-16-26-21-5-3-18(14-22(21)27-16)17-4-6-23-19(13-17)15-29(11-12-31-23)24(30)28-9-7-20(25-2)8-10-28/h3-6,13-14H,7-12,15H2,1-2H3,(H,26,27). The maximum Gasteiger partial charge on any atom is 0.320 e. The summed E-state index contributed by atoms with van der Waals surface area (Å²) in [6.45, 7) is 5.08. The molecule has 0 aliphatic carbocycles. The van der Waals surface area contributed by atoms with E-state index in [1.54, 1.807) is 0 Å². The highest BCUT2D eigenvalue weighted by molar-refractivity contribution is 5.87. The zero-order chi connectivity index (χ0) is 21.4. The van der Waals surface area contributed by atoms with E-state index in [0.717, 1.165) is 65.2 Å². The molecule has 1 saturated heterocycles. The third kappa shape index (κ3) is 3.87. The number of hydrogen-bond acceptors (Lipinski definition) is 4. The van der Waals surface area contributed by atoms with Crippen LogP contribution in [0.2, 0.25) is 0 Å². The maximum atomic E-state index is 13.2. The van der Waals surface area contributed by atoms with Crippen LogP contribution in [0.25, 0.3) is 22.2 Å². The molecule has 7 nitrogen and oxygen atoms in total. The molecule has 2 aliphatic rings. The van der Waals surface area contributed by atoms with Crippen LogP contribution in [0.4, 0.5) is 4.79 Å². The van der Waals surface area contributed by atoms with Crippen LogP contribution in [-0.2, 0) is 6.54 Å². The monoisotopic (exact) mass is 417 g/mol. The Morgan fingerprint density at radius 2 is 1.84 bits per heavy atom. The first-order chi connectivity index (χ1) is 15.1. The van der Waals surface area contributed by atoms with Gasteiger partial charge in [-0.1, -0.05) is 12.1 Å². The van der Waals surface area contributed by atoms with Crippen molar-refractivity contribution in [3.63, 3.8) is 0 Å². The van der Waals surface area contributed by atoms with E-state index >= 15 is 0 Å². The molecule has 0 atom stereocenters. The fourth-order valence-corrected chi connectivity index (χ4v) is 4.43. The number of carbonyl (C=O) groups excluding carboxylic acids is 1. The summed E-state index contributed by atoms with van der Waals surface area (Å²) in [4.78, 5) is 29.1. The number of rotatable bonds is 1. The molecular weight excluding hydrogens is 390 g/mol. The molecule has 2 amide bonds. The fraction of sp³-hybridized carbons (Fsp3) is 0.375. The highest BCUT2D eigenvalue weighted by Gasteiger charge is 2.27. The van der Waals surface area contributed by atoms with Gasteiger partial charge in [0.2, 0.25) is 0 Å². The van der Waals surface area contributed by atoms with Crippen molar-refractivity contribution in [2.45, 2.75) is 26.3 Å². The van der Waals surface area contributed by atoms with Gasteiger partial charge in [0.1, 0.15) is 18.2 Å². The number of aryl methyl sites for hydroxylation is 1. The van der Waals surface area contributed by atoms with Crippen LogP contribution < -0.4 is 4.74 Å². The number of likely N-dealkylation sites (tertiary alicyclic amines) is 1. The van der Waals surface area contributed by atoms with Gasteiger partial charge in [0.15, 0.2) is 0 Å². The fourth-order valence-electron chi connectivity index (χ4n) is 4.43. The third-order valence-corrected chi connectivity index (χ3v) is 6.17. The predicted molar refractivity (Wildman–Crippen MR) is 122 cm³/mol. The Labute approximate surface area is 181 Å². The summed E-state index contributed by atoms with van der Waals surface area (Å²) in [6, 6.07) is 12.6. The summed E-state index contributed by atoms with van der Waals surface area (Å²) < 4.78 is 5.97. The van der Waals surface area contributed by atoms with Crippen LogP contribution in [0.5, 0.6) is 5.75 Å². The number of nitrogens with zero attached hydrogens (tertiary/aromatic N) is 4. The summed E-state index contributed by atoms with van der Waals surface area (Å²) in [7, 11) is 1.83. The number of ether oxygens (including phenoxy) is 1. The lowest BCUT2D eigenvalue weighted by Gasteiger charge is -2.32. The Bertz CT molecular complexity index is 1160. The lowest BCUT2D eigenvalue weighted by atomic mass is 10.0. The van der Waals surface area contributed by atoms with Crippen LogP contribution in [0, 0.1) is 6.92 Å². The lowest BCUT2D eigenvalue weighted by Crippen LogP contribution is -2.47. The number of fused-ring (bicyclic) bond motifs is 2. The molecule has 7 heteroatoms. The minimum atomic E-state index is 0.0892. The molecule has 1 aromatic heterocycles. The number of hydrogen-bond donors (Lipinski definition) is 1. The highest BCUT2D eigenvalue weighted by Crippen LogP contribution is 2.31. The van der Waals surface area contributed by atoms with Gasteiger partial charge >= 0.3 is 6.03 Å². The van der Waals surface area contributed by atoms with E-state index in [-0.39, 0.29) is 6.03 Å².